The highest BCUT2D eigenvalue weighted by atomic mass is 16.5. The molecule has 1 amide bonds. The van der Waals surface area contributed by atoms with E-state index < -0.39 is 0 Å². The molecule has 1 saturated heterocycles. The van der Waals surface area contributed by atoms with Crippen LogP contribution in [0.5, 0.6) is 0 Å². The summed E-state index contributed by atoms with van der Waals surface area (Å²) in [4.78, 5) is 14.8. The molecule has 0 saturated carbocycles. The lowest BCUT2D eigenvalue weighted by Gasteiger charge is -2.31. The Bertz CT molecular complexity index is 449. The van der Waals surface area contributed by atoms with Crippen molar-refractivity contribution in [1.82, 2.24) is 10.2 Å². The van der Waals surface area contributed by atoms with Crippen LogP contribution in [0.4, 0.5) is 0 Å². The van der Waals surface area contributed by atoms with Crippen molar-refractivity contribution in [3.8, 4) is 0 Å². The maximum absolute atomic E-state index is 12.8. The molecule has 1 fully saturated rings. The Labute approximate surface area is 127 Å². The van der Waals surface area contributed by atoms with Crippen molar-refractivity contribution in [2.45, 2.75) is 51.4 Å². The molecule has 1 N–H and O–H groups in total. The van der Waals surface area contributed by atoms with Gasteiger partial charge in [0.05, 0.1) is 12.1 Å². The molecule has 0 radical (unpaired) electrons. The molecule has 0 spiro atoms. The predicted molar refractivity (Wildman–Crippen MR) is 83.9 cm³/mol. The van der Waals surface area contributed by atoms with Crippen molar-refractivity contribution in [3.05, 3.63) is 35.9 Å². The van der Waals surface area contributed by atoms with Gasteiger partial charge in [-0.2, -0.15) is 0 Å². The van der Waals surface area contributed by atoms with Gasteiger partial charge in [-0.15, -0.1) is 0 Å². The van der Waals surface area contributed by atoms with Crippen molar-refractivity contribution in [2.24, 2.45) is 0 Å². The number of carbonyl (C=O) groups is 1. The number of methoxy groups -OCH3 is 1. The van der Waals surface area contributed by atoms with E-state index in [0.29, 0.717) is 6.54 Å². The summed E-state index contributed by atoms with van der Waals surface area (Å²) in [6.07, 6.45) is 1.87. The van der Waals surface area contributed by atoms with E-state index >= 15 is 0 Å². The number of amides is 1. The summed E-state index contributed by atoms with van der Waals surface area (Å²) in [6, 6.07) is 10.3. The van der Waals surface area contributed by atoms with Crippen molar-refractivity contribution in [1.29, 1.82) is 0 Å². The van der Waals surface area contributed by atoms with Crippen LogP contribution in [-0.2, 0) is 16.1 Å². The lowest BCUT2D eigenvalue weighted by molar-refractivity contribution is -0.136. The largest absolute Gasteiger partial charge is 0.380 e. The molecule has 3 atom stereocenters. The van der Waals surface area contributed by atoms with Gasteiger partial charge < -0.3 is 15.0 Å². The molecule has 1 aliphatic heterocycles. The van der Waals surface area contributed by atoms with Gasteiger partial charge in [0.25, 0.3) is 0 Å². The fraction of sp³-hybridized carbons (Fsp3) is 0.588. The lowest BCUT2D eigenvalue weighted by Crippen LogP contribution is -2.47. The zero-order valence-electron chi connectivity index (χ0n) is 13.2. The number of nitrogens with one attached hydrogen (secondary N) is 1. The van der Waals surface area contributed by atoms with Crippen molar-refractivity contribution < 1.29 is 9.53 Å². The highest BCUT2D eigenvalue weighted by Crippen LogP contribution is 2.17. The first-order valence-electron chi connectivity index (χ1n) is 7.76. The summed E-state index contributed by atoms with van der Waals surface area (Å²) in [5.74, 6) is 0.188. The maximum atomic E-state index is 12.8. The minimum absolute atomic E-state index is 0.118. The second-order valence-corrected chi connectivity index (χ2v) is 5.76. The van der Waals surface area contributed by atoms with Crippen LogP contribution >= 0.6 is 0 Å². The van der Waals surface area contributed by atoms with E-state index in [0.717, 1.165) is 19.4 Å². The second kappa shape index (κ2) is 7.57. The number of ether oxygens (including phenoxy) is 1. The lowest BCUT2D eigenvalue weighted by atomic mass is 10.1. The smallest absolute Gasteiger partial charge is 0.240 e. The minimum atomic E-state index is -0.118. The van der Waals surface area contributed by atoms with Gasteiger partial charge in [0.1, 0.15) is 0 Å². The van der Waals surface area contributed by atoms with Crippen molar-refractivity contribution in [2.75, 3.05) is 13.7 Å². The molecule has 1 aromatic carbocycles. The van der Waals surface area contributed by atoms with Gasteiger partial charge in [-0.3, -0.25) is 4.79 Å². The van der Waals surface area contributed by atoms with Crippen LogP contribution in [-0.4, -0.2) is 42.6 Å². The van der Waals surface area contributed by atoms with Gasteiger partial charge in [0.15, 0.2) is 0 Å². The van der Waals surface area contributed by atoms with E-state index in [1.54, 1.807) is 7.11 Å². The summed E-state index contributed by atoms with van der Waals surface area (Å²) < 4.78 is 5.34. The Balaban J connectivity index is 2.07. The van der Waals surface area contributed by atoms with Crippen molar-refractivity contribution >= 4 is 5.91 Å². The van der Waals surface area contributed by atoms with Gasteiger partial charge in [-0.1, -0.05) is 37.3 Å². The number of nitrogens with zero attached hydrogens (tertiary/aromatic N) is 1. The summed E-state index contributed by atoms with van der Waals surface area (Å²) in [5, 5.41) is 3.29. The molecule has 2 rings (SSSR count). The van der Waals surface area contributed by atoms with Gasteiger partial charge in [0.2, 0.25) is 5.91 Å². The maximum Gasteiger partial charge on any atom is 0.240 e. The Hall–Kier alpha value is -1.39. The number of hydrogen-bond donors (Lipinski definition) is 1. The molecular weight excluding hydrogens is 264 g/mol. The number of rotatable bonds is 6. The SMILES string of the molecule is CCC(C)N(Cc1ccccc1)C(=O)C1CC(OC)CN1. The molecule has 4 nitrogen and oxygen atoms in total. The molecule has 0 bridgehead atoms. The summed E-state index contributed by atoms with van der Waals surface area (Å²) in [5.41, 5.74) is 1.17. The fourth-order valence-electron chi connectivity index (χ4n) is 2.72. The molecule has 0 aromatic heterocycles. The second-order valence-electron chi connectivity index (χ2n) is 5.76. The van der Waals surface area contributed by atoms with Gasteiger partial charge in [0, 0.05) is 26.2 Å². The van der Waals surface area contributed by atoms with Crippen LogP contribution in [0.15, 0.2) is 30.3 Å². The van der Waals surface area contributed by atoms with Gasteiger partial charge in [-0.05, 0) is 25.3 Å². The summed E-state index contributed by atoms with van der Waals surface area (Å²) >= 11 is 0. The highest BCUT2D eigenvalue weighted by Gasteiger charge is 2.33. The highest BCUT2D eigenvalue weighted by molar-refractivity contribution is 5.82. The quantitative estimate of drug-likeness (QED) is 0.873. The molecular formula is C17H26N2O2. The fourth-order valence-corrected chi connectivity index (χ4v) is 2.72. The van der Waals surface area contributed by atoms with E-state index in [-0.39, 0.29) is 24.1 Å². The molecule has 116 valence electrons. The number of benzene rings is 1. The van der Waals surface area contributed by atoms with E-state index in [1.165, 1.54) is 5.56 Å². The van der Waals surface area contributed by atoms with Crippen LogP contribution in [0, 0.1) is 0 Å². The first-order chi connectivity index (χ1) is 10.2. The zero-order chi connectivity index (χ0) is 15.2. The van der Waals surface area contributed by atoms with Gasteiger partial charge in [-0.25, -0.2) is 0 Å². The first kappa shape index (κ1) is 16.0. The predicted octanol–water partition coefficient (Wildman–Crippen LogP) is 2.19. The molecule has 1 aromatic rings. The third-order valence-electron chi connectivity index (χ3n) is 4.32. The summed E-state index contributed by atoms with van der Waals surface area (Å²) in [6.45, 7) is 5.66. The van der Waals surface area contributed by atoms with E-state index in [4.69, 9.17) is 4.74 Å². The van der Waals surface area contributed by atoms with Crippen LogP contribution in [0.2, 0.25) is 0 Å². The summed E-state index contributed by atoms with van der Waals surface area (Å²) in [7, 11) is 1.70. The minimum Gasteiger partial charge on any atom is -0.380 e. The van der Waals surface area contributed by atoms with Crippen molar-refractivity contribution in [3.63, 3.8) is 0 Å². The normalized spacial score (nSPS) is 23.0. The first-order valence-corrected chi connectivity index (χ1v) is 7.76. The zero-order valence-corrected chi connectivity index (χ0v) is 13.2. The molecule has 21 heavy (non-hydrogen) atoms. The molecule has 1 heterocycles. The molecule has 3 unspecified atom stereocenters. The van der Waals surface area contributed by atoms with Crippen LogP contribution in [0.1, 0.15) is 32.3 Å². The Morgan fingerprint density at radius 3 is 2.71 bits per heavy atom. The van der Waals surface area contributed by atoms with E-state index in [2.05, 4.69) is 31.3 Å². The average Bonchev–Trinajstić information content (AvgIpc) is 3.01. The van der Waals surface area contributed by atoms with Crippen LogP contribution < -0.4 is 5.32 Å². The molecule has 4 heteroatoms. The van der Waals surface area contributed by atoms with Crippen LogP contribution in [0.25, 0.3) is 0 Å². The van der Waals surface area contributed by atoms with Gasteiger partial charge >= 0.3 is 0 Å². The molecule has 1 aliphatic rings. The van der Waals surface area contributed by atoms with Crippen LogP contribution in [0.3, 0.4) is 0 Å². The topological polar surface area (TPSA) is 41.6 Å². The standard InChI is InChI=1S/C17H26N2O2/c1-4-13(2)19(12-14-8-6-5-7-9-14)17(20)16-10-15(21-3)11-18-16/h5-9,13,15-16,18H,4,10-12H2,1-3H3. The average molecular weight is 290 g/mol. The monoisotopic (exact) mass is 290 g/mol. The Morgan fingerprint density at radius 2 is 2.14 bits per heavy atom. The Kier molecular flexibility index (Phi) is 5.76. The molecule has 0 aliphatic carbocycles. The number of carbonyl (C=O) groups excluding carboxylic acids is 1. The van der Waals surface area contributed by atoms with E-state index in [1.807, 2.05) is 23.1 Å². The third-order valence-corrected chi connectivity index (χ3v) is 4.32. The number of hydrogen-bond acceptors (Lipinski definition) is 3. The Morgan fingerprint density at radius 1 is 1.43 bits per heavy atom. The van der Waals surface area contributed by atoms with E-state index in [9.17, 15) is 4.79 Å². The third kappa shape index (κ3) is 4.05.